The molecule has 2 aromatic carbocycles. The molecule has 0 unspecified atom stereocenters. The Morgan fingerprint density at radius 3 is 2.31 bits per heavy atom. The fourth-order valence-electron chi connectivity index (χ4n) is 2.57. The fourth-order valence-corrected chi connectivity index (χ4v) is 3.81. The quantitative estimate of drug-likeness (QED) is 0.515. The van der Waals surface area contributed by atoms with Crippen LogP contribution in [0.15, 0.2) is 47.4 Å². The second kappa shape index (κ2) is 8.29. The molecule has 0 radical (unpaired) electrons. The predicted octanol–water partition coefficient (Wildman–Crippen LogP) is 1.63. The third kappa shape index (κ3) is 4.15. The van der Waals surface area contributed by atoms with Gasteiger partial charge in [-0.1, -0.05) is 28.8 Å². The van der Waals surface area contributed by atoms with Gasteiger partial charge in [-0.15, -0.1) is 0 Å². The summed E-state index contributed by atoms with van der Waals surface area (Å²) in [6.45, 7) is 0.178. The number of ether oxygens (including phenoxy) is 1. The standard InChI is InChI=1S/C18H15ClN2O7S/c1-27-9-8-20-29(25,26)11-6-7-15(19)14(10-11)18(24)28-21-16(22)12-4-2-3-5-13(12)17(21)23/h2-7,10,20H,8-9H2,1H3. The number of nitrogens with one attached hydrogen (secondary N) is 1. The van der Waals surface area contributed by atoms with Crippen LogP contribution in [0.5, 0.6) is 0 Å². The molecule has 0 fully saturated rings. The molecule has 2 aromatic rings. The van der Waals surface area contributed by atoms with E-state index in [9.17, 15) is 22.8 Å². The first-order valence-electron chi connectivity index (χ1n) is 8.24. The fraction of sp³-hybridized carbons (Fsp3) is 0.167. The van der Waals surface area contributed by atoms with Gasteiger partial charge < -0.3 is 9.57 Å². The Labute approximate surface area is 171 Å². The highest BCUT2D eigenvalue weighted by molar-refractivity contribution is 7.89. The number of imide groups is 1. The predicted molar refractivity (Wildman–Crippen MR) is 101 cm³/mol. The lowest BCUT2D eigenvalue weighted by molar-refractivity contribution is -0.0584. The van der Waals surface area contributed by atoms with Gasteiger partial charge in [0.2, 0.25) is 10.0 Å². The van der Waals surface area contributed by atoms with E-state index in [1.165, 1.54) is 31.4 Å². The Morgan fingerprint density at radius 2 is 1.72 bits per heavy atom. The summed E-state index contributed by atoms with van der Waals surface area (Å²) in [6, 6.07) is 9.39. The van der Waals surface area contributed by atoms with Crippen molar-refractivity contribution in [2.75, 3.05) is 20.3 Å². The van der Waals surface area contributed by atoms with E-state index < -0.39 is 27.8 Å². The molecule has 3 rings (SSSR count). The van der Waals surface area contributed by atoms with Crippen molar-refractivity contribution >= 4 is 39.4 Å². The van der Waals surface area contributed by atoms with Crippen LogP contribution in [0.4, 0.5) is 0 Å². The Balaban J connectivity index is 1.83. The number of hydrogen-bond donors (Lipinski definition) is 1. The molecule has 29 heavy (non-hydrogen) atoms. The van der Waals surface area contributed by atoms with Gasteiger partial charge >= 0.3 is 5.97 Å². The highest BCUT2D eigenvalue weighted by atomic mass is 35.5. The van der Waals surface area contributed by atoms with E-state index >= 15 is 0 Å². The molecule has 0 atom stereocenters. The van der Waals surface area contributed by atoms with Gasteiger partial charge in [0, 0.05) is 13.7 Å². The van der Waals surface area contributed by atoms with Gasteiger partial charge in [0.25, 0.3) is 11.8 Å². The summed E-state index contributed by atoms with van der Waals surface area (Å²) < 4.78 is 31.7. The number of halogens is 1. The zero-order chi connectivity index (χ0) is 21.2. The van der Waals surface area contributed by atoms with Crippen molar-refractivity contribution in [3.63, 3.8) is 0 Å². The maximum Gasteiger partial charge on any atom is 0.365 e. The number of carbonyl (C=O) groups excluding carboxylic acids is 3. The lowest BCUT2D eigenvalue weighted by Gasteiger charge is -2.14. The van der Waals surface area contributed by atoms with Gasteiger partial charge in [0.15, 0.2) is 0 Å². The van der Waals surface area contributed by atoms with Crippen molar-refractivity contribution in [3.8, 4) is 0 Å². The summed E-state index contributed by atoms with van der Waals surface area (Å²) >= 11 is 5.99. The number of benzene rings is 2. The maximum atomic E-state index is 12.5. The van der Waals surface area contributed by atoms with Crippen LogP contribution in [0.1, 0.15) is 31.1 Å². The van der Waals surface area contributed by atoms with Crippen LogP contribution in [-0.4, -0.2) is 51.5 Å². The van der Waals surface area contributed by atoms with E-state index in [4.69, 9.17) is 21.2 Å². The first kappa shape index (κ1) is 20.9. The van der Waals surface area contributed by atoms with Gasteiger partial charge in [0.1, 0.15) is 0 Å². The zero-order valence-electron chi connectivity index (χ0n) is 15.0. The second-order valence-corrected chi connectivity index (χ2v) is 8.04. The van der Waals surface area contributed by atoms with Gasteiger partial charge in [-0.25, -0.2) is 17.9 Å². The SMILES string of the molecule is COCCNS(=O)(=O)c1ccc(Cl)c(C(=O)ON2C(=O)c3ccccc3C2=O)c1. The largest absolute Gasteiger partial charge is 0.383 e. The molecular formula is C18H15ClN2O7S. The van der Waals surface area contributed by atoms with Crippen LogP contribution in [-0.2, 0) is 19.6 Å². The van der Waals surface area contributed by atoms with Crippen LogP contribution in [0.25, 0.3) is 0 Å². The van der Waals surface area contributed by atoms with Crippen LogP contribution in [0.3, 0.4) is 0 Å². The van der Waals surface area contributed by atoms with E-state index in [1.54, 1.807) is 12.1 Å². The van der Waals surface area contributed by atoms with E-state index in [0.717, 1.165) is 6.07 Å². The van der Waals surface area contributed by atoms with Gasteiger partial charge in [-0.2, -0.15) is 0 Å². The van der Waals surface area contributed by atoms with Gasteiger partial charge in [-0.3, -0.25) is 9.59 Å². The number of amides is 2. The normalized spacial score (nSPS) is 13.5. The van der Waals surface area contributed by atoms with Crippen molar-refractivity contribution in [3.05, 3.63) is 64.2 Å². The van der Waals surface area contributed by atoms with Gasteiger partial charge in [0.05, 0.1) is 33.2 Å². The number of hydroxylamine groups is 2. The number of rotatable bonds is 7. The molecule has 0 aliphatic carbocycles. The molecule has 152 valence electrons. The molecule has 0 spiro atoms. The first-order chi connectivity index (χ1) is 13.8. The number of nitrogens with zero attached hydrogens (tertiary/aromatic N) is 1. The van der Waals surface area contributed by atoms with E-state index in [-0.39, 0.29) is 39.8 Å². The van der Waals surface area contributed by atoms with Crippen LogP contribution >= 0.6 is 11.6 Å². The molecular weight excluding hydrogens is 424 g/mol. The molecule has 0 bridgehead atoms. The number of sulfonamides is 1. The molecule has 9 nitrogen and oxygen atoms in total. The van der Waals surface area contributed by atoms with E-state index in [0.29, 0.717) is 5.06 Å². The summed E-state index contributed by atoms with van der Waals surface area (Å²) in [4.78, 5) is 41.8. The molecule has 1 aliphatic rings. The van der Waals surface area contributed by atoms with Crippen molar-refractivity contribution in [1.29, 1.82) is 0 Å². The maximum absolute atomic E-state index is 12.5. The Morgan fingerprint density at radius 1 is 1.10 bits per heavy atom. The summed E-state index contributed by atoms with van der Waals surface area (Å²) in [5.74, 6) is -2.77. The average Bonchev–Trinajstić information content (AvgIpc) is 2.93. The highest BCUT2D eigenvalue weighted by Crippen LogP contribution is 2.26. The number of fused-ring (bicyclic) bond motifs is 1. The minimum atomic E-state index is -3.94. The Bertz CT molecular complexity index is 1070. The smallest absolute Gasteiger partial charge is 0.365 e. The summed E-state index contributed by atoms with van der Waals surface area (Å²) in [7, 11) is -2.52. The summed E-state index contributed by atoms with van der Waals surface area (Å²) in [5, 5.41) is 0.212. The van der Waals surface area contributed by atoms with Crippen molar-refractivity contribution < 1.29 is 32.4 Å². The monoisotopic (exact) mass is 438 g/mol. The molecule has 0 saturated carbocycles. The lowest BCUT2D eigenvalue weighted by Crippen LogP contribution is -2.33. The van der Waals surface area contributed by atoms with Crippen LogP contribution in [0.2, 0.25) is 5.02 Å². The topological polar surface area (TPSA) is 119 Å². The molecule has 0 aromatic heterocycles. The van der Waals surface area contributed by atoms with Gasteiger partial charge in [-0.05, 0) is 30.3 Å². The average molecular weight is 439 g/mol. The first-order valence-corrected chi connectivity index (χ1v) is 10.1. The van der Waals surface area contributed by atoms with Crippen molar-refractivity contribution in [1.82, 2.24) is 9.79 Å². The minimum Gasteiger partial charge on any atom is -0.383 e. The van der Waals surface area contributed by atoms with Crippen molar-refractivity contribution in [2.24, 2.45) is 0 Å². The zero-order valence-corrected chi connectivity index (χ0v) is 16.6. The molecule has 0 saturated heterocycles. The summed E-state index contributed by atoms with van der Waals surface area (Å²) in [6.07, 6.45) is 0. The Hall–Kier alpha value is -2.79. The van der Waals surface area contributed by atoms with Crippen LogP contribution < -0.4 is 4.72 Å². The molecule has 2 amide bonds. The Kier molecular flexibility index (Phi) is 5.99. The lowest BCUT2D eigenvalue weighted by atomic mass is 10.1. The van der Waals surface area contributed by atoms with Crippen molar-refractivity contribution in [2.45, 2.75) is 4.90 Å². The molecule has 1 heterocycles. The molecule has 11 heteroatoms. The minimum absolute atomic E-state index is 0.0241. The summed E-state index contributed by atoms with van der Waals surface area (Å²) in [5.41, 5.74) is -0.136. The number of hydrogen-bond acceptors (Lipinski definition) is 7. The van der Waals surface area contributed by atoms with E-state index in [1.807, 2.05) is 0 Å². The molecule has 1 aliphatic heterocycles. The van der Waals surface area contributed by atoms with Crippen LogP contribution in [0, 0.1) is 0 Å². The molecule has 1 N–H and O–H groups in total. The third-order valence-electron chi connectivity index (χ3n) is 4.00. The number of carbonyl (C=O) groups is 3. The highest BCUT2D eigenvalue weighted by Gasteiger charge is 2.39. The third-order valence-corrected chi connectivity index (χ3v) is 5.79. The second-order valence-electron chi connectivity index (χ2n) is 5.86. The number of methoxy groups -OCH3 is 1. The van der Waals surface area contributed by atoms with E-state index in [2.05, 4.69) is 4.72 Å².